The number of aliphatic hydroxyl groups is 1. The van der Waals surface area contributed by atoms with Crippen LogP contribution in [-0.2, 0) is 24.0 Å². The minimum absolute atomic E-state index is 0.0484. The molecular formula is C30H27F6NO5. The average Bonchev–Trinajstić information content (AvgIpc) is 3.56. The first-order valence-corrected chi connectivity index (χ1v) is 13.2. The van der Waals surface area contributed by atoms with Crippen LogP contribution in [0.15, 0.2) is 36.5 Å². The Morgan fingerprint density at radius 2 is 1.71 bits per heavy atom. The molecule has 1 heterocycles. The number of hydrogen-bond donors (Lipinski definition) is 2. The van der Waals surface area contributed by atoms with E-state index in [0.717, 1.165) is 36.6 Å². The van der Waals surface area contributed by atoms with Crippen LogP contribution < -0.4 is 9.47 Å². The predicted molar refractivity (Wildman–Crippen MR) is 137 cm³/mol. The Balaban J connectivity index is 0.00000113. The van der Waals surface area contributed by atoms with Gasteiger partial charge in [-0.05, 0) is 96.9 Å². The lowest BCUT2D eigenvalue weighted by Gasteiger charge is -2.40. The number of nitrogens with zero attached hydrogens (tertiary/aromatic N) is 1. The van der Waals surface area contributed by atoms with Crippen molar-refractivity contribution in [3.05, 3.63) is 76.2 Å². The summed E-state index contributed by atoms with van der Waals surface area (Å²) in [6.45, 7) is 0.921. The zero-order valence-electron chi connectivity index (χ0n) is 22.4. The normalized spacial score (nSPS) is 23.6. The summed E-state index contributed by atoms with van der Waals surface area (Å²) >= 11 is 0. The second kappa shape index (κ2) is 11.1. The summed E-state index contributed by atoms with van der Waals surface area (Å²) in [6, 6.07) is 4.43. The number of carboxylic acid groups (broad SMARTS) is 1. The topological polar surface area (TPSA) is 88.9 Å². The molecule has 3 aromatic rings. The number of hydrogen-bond acceptors (Lipinski definition) is 5. The third-order valence-electron chi connectivity index (χ3n) is 7.90. The van der Waals surface area contributed by atoms with E-state index in [9.17, 15) is 31.4 Å². The minimum Gasteiger partial charge on any atom is -0.487 e. The molecule has 2 aromatic carbocycles. The minimum atomic E-state index is -4.98. The summed E-state index contributed by atoms with van der Waals surface area (Å²) in [7, 11) is 0. The lowest BCUT2D eigenvalue weighted by Crippen LogP contribution is -2.43. The zero-order chi connectivity index (χ0) is 30.4. The molecule has 2 unspecified atom stereocenters. The Kier molecular flexibility index (Phi) is 7.86. The first kappa shape index (κ1) is 29.7. The number of rotatable bonds is 7. The molecule has 3 aliphatic rings. The monoisotopic (exact) mass is 595 g/mol. The molecule has 224 valence electrons. The van der Waals surface area contributed by atoms with Crippen molar-refractivity contribution in [3.63, 3.8) is 0 Å². The molecule has 2 atom stereocenters. The number of pyridine rings is 1. The van der Waals surface area contributed by atoms with Crippen molar-refractivity contribution in [2.75, 3.05) is 6.61 Å². The van der Waals surface area contributed by atoms with Crippen LogP contribution in [0.25, 0.3) is 11.1 Å². The molecule has 0 radical (unpaired) electrons. The number of ether oxygens (including phenoxy) is 2. The summed E-state index contributed by atoms with van der Waals surface area (Å²) < 4.78 is 96.7. The van der Waals surface area contributed by atoms with Crippen molar-refractivity contribution in [2.45, 2.75) is 56.9 Å². The molecule has 2 saturated carbocycles. The van der Waals surface area contributed by atoms with Gasteiger partial charge in [-0.3, -0.25) is 4.79 Å². The van der Waals surface area contributed by atoms with Crippen molar-refractivity contribution >= 4 is 6.47 Å². The van der Waals surface area contributed by atoms with E-state index < -0.39 is 58.3 Å². The smallest absolute Gasteiger partial charge is 0.417 e. The van der Waals surface area contributed by atoms with Gasteiger partial charge in [-0.15, -0.1) is 0 Å². The molecule has 1 aromatic heterocycles. The number of carbonyl (C=O) groups is 1. The maximum Gasteiger partial charge on any atom is 0.417 e. The van der Waals surface area contributed by atoms with Gasteiger partial charge < -0.3 is 19.7 Å². The van der Waals surface area contributed by atoms with Crippen LogP contribution in [0.5, 0.6) is 11.6 Å². The molecule has 0 aliphatic heterocycles. The quantitative estimate of drug-likeness (QED) is 0.235. The summed E-state index contributed by atoms with van der Waals surface area (Å²) in [5.41, 5.74) is -1.18. The van der Waals surface area contributed by atoms with Gasteiger partial charge in [0.05, 0.1) is 17.8 Å². The highest BCUT2D eigenvalue weighted by Crippen LogP contribution is 2.56. The van der Waals surface area contributed by atoms with E-state index in [2.05, 4.69) is 4.98 Å². The Labute approximate surface area is 236 Å². The molecule has 0 bridgehead atoms. The number of benzene rings is 2. The van der Waals surface area contributed by atoms with Gasteiger partial charge in [-0.1, -0.05) is 0 Å². The summed E-state index contributed by atoms with van der Waals surface area (Å²) in [5, 5.41) is 16.7. The molecule has 2 N–H and O–H groups in total. The van der Waals surface area contributed by atoms with Crippen molar-refractivity contribution in [2.24, 2.45) is 11.8 Å². The fraction of sp³-hybridized carbons (Fsp3) is 0.400. The van der Waals surface area contributed by atoms with E-state index in [4.69, 9.17) is 19.4 Å². The molecule has 6 nitrogen and oxygen atoms in total. The van der Waals surface area contributed by atoms with Crippen molar-refractivity contribution < 1.29 is 50.8 Å². The van der Waals surface area contributed by atoms with Gasteiger partial charge in [-0.2, -0.15) is 13.2 Å². The average molecular weight is 596 g/mol. The van der Waals surface area contributed by atoms with E-state index in [1.807, 2.05) is 0 Å². The fourth-order valence-corrected chi connectivity index (χ4v) is 5.92. The number of alkyl halides is 3. The lowest BCUT2D eigenvalue weighted by molar-refractivity contribution is -0.137. The fourth-order valence-electron chi connectivity index (χ4n) is 5.92. The molecule has 6 rings (SSSR count). The van der Waals surface area contributed by atoms with Crippen LogP contribution in [-0.4, -0.2) is 33.9 Å². The van der Waals surface area contributed by atoms with E-state index in [-0.39, 0.29) is 30.4 Å². The maximum absolute atomic E-state index is 14.8. The standard InChI is InChI=1S/C29H25F6NO3.CH2O2/c1-28(37)9-14(10-28)12-39-27-24(31)5-17(6-25(27)32)20-4-18(23(30)8-22(20)29(33,34)35)13-38-26-7-16-2-15-3-19(15)21(16)11-36-26;2-1-3/h4-8,11,14-15,19,37H,2-3,9-10,12-13H2,1H3;1H,(H,2,3). The largest absolute Gasteiger partial charge is 0.487 e. The highest BCUT2D eigenvalue weighted by molar-refractivity contribution is 5.70. The van der Waals surface area contributed by atoms with Crippen LogP contribution in [0.4, 0.5) is 26.3 Å². The van der Waals surface area contributed by atoms with Gasteiger partial charge in [0.1, 0.15) is 12.4 Å². The zero-order valence-corrected chi connectivity index (χ0v) is 22.4. The Morgan fingerprint density at radius 1 is 1.05 bits per heavy atom. The van der Waals surface area contributed by atoms with Crippen LogP contribution in [0.1, 0.15) is 54.4 Å². The Morgan fingerprint density at radius 3 is 2.33 bits per heavy atom. The molecule has 3 aliphatic carbocycles. The highest BCUT2D eigenvalue weighted by atomic mass is 19.4. The van der Waals surface area contributed by atoms with E-state index in [1.165, 1.54) is 5.56 Å². The second-order valence-corrected chi connectivity index (χ2v) is 11.3. The third kappa shape index (κ3) is 6.18. The van der Waals surface area contributed by atoms with E-state index in [0.29, 0.717) is 30.7 Å². The molecule has 0 saturated heterocycles. The van der Waals surface area contributed by atoms with Gasteiger partial charge in [0.15, 0.2) is 17.4 Å². The summed E-state index contributed by atoms with van der Waals surface area (Å²) in [5.74, 6) is -2.97. The number of fused-ring (bicyclic) bond motifs is 3. The van der Waals surface area contributed by atoms with Crippen molar-refractivity contribution in [3.8, 4) is 22.8 Å². The van der Waals surface area contributed by atoms with Gasteiger partial charge in [-0.25, -0.2) is 18.2 Å². The Hall–Kier alpha value is -3.80. The molecule has 42 heavy (non-hydrogen) atoms. The third-order valence-corrected chi connectivity index (χ3v) is 7.90. The second-order valence-electron chi connectivity index (χ2n) is 11.3. The van der Waals surface area contributed by atoms with Gasteiger partial charge in [0, 0.05) is 17.8 Å². The Bertz CT molecular complexity index is 1480. The van der Waals surface area contributed by atoms with Crippen molar-refractivity contribution in [1.82, 2.24) is 4.98 Å². The number of halogens is 6. The lowest BCUT2D eigenvalue weighted by atomic mass is 9.73. The SMILES string of the molecule is CC1(O)CC(COc2c(F)cc(-c3cc(COc4cc5c(cn4)C4CC4C5)c(F)cc3C(F)(F)F)cc2F)C1.O=CO. The first-order chi connectivity index (χ1) is 19.8. The van der Waals surface area contributed by atoms with Crippen LogP contribution in [0, 0.1) is 29.3 Å². The van der Waals surface area contributed by atoms with Crippen LogP contribution in [0.2, 0.25) is 0 Å². The highest BCUT2D eigenvalue weighted by Gasteiger charge is 2.45. The first-order valence-electron chi connectivity index (χ1n) is 13.2. The van der Waals surface area contributed by atoms with E-state index in [1.54, 1.807) is 19.2 Å². The molecule has 0 amide bonds. The van der Waals surface area contributed by atoms with Crippen molar-refractivity contribution in [1.29, 1.82) is 0 Å². The molecular weight excluding hydrogens is 568 g/mol. The molecule has 2 fully saturated rings. The van der Waals surface area contributed by atoms with Crippen LogP contribution in [0.3, 0.4) is 0 Å². The summed E-state index contributed by atoms with van der Waals surface area (Å²) in [4.78, 5) is 12.6. The predicted octanol–water partition coefficient (Wildman–Crippen LogP) is 6.66. The van der Waals surface area contributed by atoms with Gasteiger partial charge in [0.2, 0.25) is 5.88 Å². The van der Waals surface area contributed by atoms with Gasteiger partial charge >= 0.3 is 6.18 Å². The maximum atomic E-state index is 14.8. The van der Waals surface area contributed by atoms with Gasteiger partial charge in [0.25, 0.3) is 6.47 Å². The summed E-state index contributed by atoms with van der Waals surface area (Å²) in [6.07, 6.45) is -0.388. The number of aromatic nitrogens is 1. The molecule has 0 spiro atoms. The van der Waals surface area contributed by atoms with Crippen LogP contribution >= 0.6 is 0 Å². The van der Waals surface area contributed by atoms with E-state index >= 15 is 0 Å². The molecule has 12 heteroatoms.